The Kier molecular flexibility index (Phi) is 5.22. The fraction of sp³-hybridized carbons (Fsp3) is 0.967. The van der Waals surface area contributed by atoms with E-state index in [0.29, 0.717) is 34.2 Å². The summed E-state index contributed by atoms with van der Waals surface area (Å²) in [6.07, 6.45) is 13.3. The van der Waals surface area contributed by atoms with Crippen LogP contribution in [-0.4, -0.2) is 46.8 Å². The van der Waals surface area contributed by atoms with Gasteiger partial charge in [0.15, 0.2) is 0 Å². The van der Waals surface area contributed by atoms with E-state index in [0.717, 1.165) is 31.2 Å². The minimum absolute atomic E-state index is 0.0759. The Balaban J connectivity index is 1.21. The summed E-state index contributed by atoms with van der Waals surface area (Å²) in [5.74, 6) is 3.26. The fourth-order valence-corrected chi connectivity index (χ4v) is 11.4. The molecule has 2 spiro atoms. The van der Waals surface area contributed by atoms with E-state index in [2.05, 4.69) is 34.6 Å². The summed E-state index contributed by atoms with van der Waals surface area (Å²) in [4.78, 5) is 14.2. The molecule has 9 unspecified atom stereocenters. The van der Waals surface area contributed by atoms with Gasteiger partial charge in [-0.05, 0) is 123 Å². The number of rotatable bonds is 3. The number of nitrogens with zero attached hydrogens (tertiary/aromatic N) is 1. The van der Waals surface area contributed by atoms with Crippen LogP contribution in [0.2, 0.25) is 0 Å². The number of hydrogen-bond donors (Lipinski definition) is 1. The lowest BCUT2D eigenvalue weighted by molar-refractivity contribution is -0.141. The smallest absolute Gasteiger partial charge is 0.219 e. The quantitative estimate of drug-likeness (QED) is 0.565. The summed E-state index contributed by atoms with van der Waals surface area (Å²) < 4.78 is 6.85. The number of aliphatic hydroxyl groups is 1. The third kappa shape index (κ3) is 2.93. The lowest BCUT2D eigenvalue weighted by atomic mass is 9.46. The van der Waals surface area contributed by atoms with Gasteiger partial charge in [-0.3, -0.25) is 4.79 Å². The molecule has 1 aliphatic heterocycles. The van der Waals surface area contributed by atoms with Gasteiger partial charge >= 0.3 is 0 Å². The van der Waals surface area contributed by atoms with Crippen molar-refractivity contribution in [2.24, 2.45) is 45.3 Å². The SMILES string of the molecule is CC(=O)N(CC1CCC2C(CC3C4CCC5C(C)(C)[C@@H](O)CCC56CC46CCC23C)O1)C(C)C. The van der Waals surface area contributed by atoms with Crippen LogP contribution in [0.1, 0.15) is 106 Å². The maximum atomic E-state index is 12.2. The molecular formula is C30H49NO3. The van der Waals surface area contributed by atoms with Crippen molar-refractivity contribution in [3.8, 4) is 0 Å². The third-order valence-electron chi connectivity index (χ3n) is 13.1. The van der Waals surface area contributed by atoms with Gasteiger partial charge in [0.2, 0.25) is 5.91 Å². The number of ether oxygens (including phenoxy) is 1. The lowest BCUT2D eigenvalue weighted by Gasteiger charge is -2.59. The zero-order valence-corrected chi connectivity index (χ0v) is 22.6. The van der Waals surface area contributed by atoms with E-state index in [1.807, 2.05) is 4.90 Å². The van der Waals surface area contributed by atoms with Crippen LogP contribution in [0.25, 0.3) is 0 Å². The Labute approximate surface area is 207 Å². The third-order valence-corrected chi connectivity index (χ3v) is 13.1. The predicted molar refractivity (Wildman–Crippen MR) is 134 cm³/mol. The molecule has 6 fully saturated rings. The number of amides is 1. The summed E-state index contributed by atoms with van der Waals surface area (Å²) in [6.45, 7) is 14.0. The second-order valence-corrected chi connectivity index (χ2v) is 14.7. The van der Waals surface area contributed by atoms with Crippen molar-refractivity contribution in [3.63, 3.8) is 0 Å². The zero-order valence-electron chi connectivity index (χ0n) is 22.6. The van der Waals surface area contributed by atoms with Crippen molar-refractivity contribution in [2.45, 2.75) is 130 Å². The number of fused-ring (bicyclic) bond motifs is 4. The monoisotopic (exact) mass is 471 g/mol. The first kappa shape index (κ1) is 23.8. The maximum absolute atomic E-state index is 12.2. The second kappa shape index (κ2) is 7.46. The number of carbonyl (C=O) groups is 1. The van der Waals surface area contributed by atoms with Gasteiger partial charge in [0, 0.05) is 19.5 Å². The Hall–Kier alpha value is -0.610. The average molecular weight is 472 g/mol. The molecule has 34 heavy (non-hydrogen) atoms. The van der Waals surface area contributed by atoms with Gasteiger partial charge in [-0.1, -0.05) is 20.8 Å². The Bertz CT molecular complexity index is 854. The maximum Gasteiger partial charge on any atom is 0.219 e. The summed E-state index contributed by atoms with van der Waals surface area (Å²) in [5, 5.41) is 10.8. The van der Waals surface area contributed by atoms with Crippen molar-refractivity contribution in [2.75, 3.05) is 6.54 Å². The van der Waals surface area contributed by atoms with Crippen molar-refractivity contribution < 1.29 is 14.6 Å². The molecule has 6 rings (SSSR count). The fourth-order valence-electron chi connectivity index (χ4n) is 11.4. The van der Waals surface area contributed by atoms with Gasteiger partial charge in [0.1, 0.15) is 0 Å². The molecule has 5 aliphatic carbocycles. The molecule has 0 radical (unpaired) electrons. The number of aliphatic hydroxyl groups excluding tert-OH is 1. The van der Waals surface area contributed by atoms with Crippen molar-refractivity contribution >= 4 is 5.91 Å². The van der Waals surface area contributed by atoms with Gasteiger partial charge in [-0.25, -0.2) is 0 Å². The van der Waals surface area contributed by atoms with E-state index in [-0.39, 0.29) is 29.6 Å². The zero-order chi connectivity index (χ0) is 24.3. The molecule has 6 aliphatic rings. The van der Waals surface area contributed by atoms with Crippen molar-refractivity contribution in [1.82, 2.24) is 4.90 Å². The minimum Gasteiger partial charge on any atom is -0.393 e. The standard InChI is InChI=1S/C30H49NO3/c1-18(2)31(19(3)32)16-20-7-8-22-24(34-20)15-23-21-9-10-25-27(4,5)26(33)11-12-30(25)17-29(21,30)14-13-28(22,23)6/h18,20-26,33H,7-17H2,1-6H3/t20?,21?,22?,23?,24?,25?,26-,28?,29?,30?/m0/s1. The molecule has 4 heteroatoms. The summed E-state index contributed by atoms with van der Waals surface area (Å²) in [5.41, 5.74) is 1.60. The molecule has 1 amide bonds. The van der Waals surface area contributed by atoms with E-state index in [1.54, 1.807) is 6.92 Å². The Morgan fingerprint density at radius 2 is 1.71 bits per heavy atom. The van der Waals surface area contributed by atoms with Crippen LogP contribution >= 0.6 is 0 Å². The van der Waals surface area contributed by atoms with E-state index < -0.39 is 0 Å². The number of hydrogen-bond acceptors (Lipinski definition) is 3. The molecule has 10 atom stereocenters. The first-order chi connectivity index (χ1) is 16.0. The molecule has 1 heterocycles. The Morgan fingerprint density at radius 1 is 0.971 bits per heavy atom. The molecule has 192 valence electrons. The topological polar surface area (TPSA) is 49.8 Å². The second-order valence-electron chi connectivity index (χ2n) is 14.7. The minimum atomic E-state index is -0.119. The largest absolute Gasteiger partial charge is 0.393 e. The van der Waals surface area contributed by atoms with Gasteiger partial charge in [0.05, 0.1) is 18.3 Å². The van der Waals surface area contributed by atoms with Crippen molar-refractivity contribution in [3.05, 3.63) is 0 Å². The molecule has 4 nitrogen and oxygen atoms in total. The lowest BCUT2D eigenvalue weighted by Crippen LogP contribution is -2.54. The highest BCUT2D eigenvalue weighted by Crippen LogP contribution is 2.87. The normalized spacial score (nSPS) is 52.6. The molecule has 5 saturated carbocycles. The van der Waals surface area contributed by atoms with Gasteiger partial charge in [-0.2, -0.15) is 0 Å². The molecule has 0 bridgehead atoms. The van der Waals surface area contributed by atoms with E-state index in [9.17, 15) is 9.90 Å². The summed E-state index contributed by atoms with van der Waals surface area (Å²) >= 11 is 0. The average Bonchev–Trinajstić information content (AvgIpc) is 3.35. The number of carbonyl (C=O) groups excluding carboxylic acids is 1. The molecule has 0 aromatic rings. The Morgan fingerprint density at radius 3 is 2.41 bits per heavy atom. The van der Waals surface area contributed by atoms with Crippen LogP contribution < -0.4 is 0 Å². The molecular weight excluding hydrogens is 422 g/mol. The highest BCUT2D eigenvalue weighted by molar-refractivity contribution is 5.73. The molecule has 0 aromatic heterocycles. The molecule has 1 N–H and O–H groups in total. The predicted octanol–water partition coefficient (Wildman–Crippen LogP) is 5.81. The van der Waals surface area contributed by atoms with E-state index in [4.69, 9.17) is 4.74 Å². The van der Waals surface area contributed by atoms with Crippen LogP contribution in [0.3, 0.4) is 0 Å². The first-order valence-electron chi connectivity index (χ1n) is 14.6. The van der Waals surface area contributed by atoms with Crippen LogP contribution in [-0.2, 0) is 9.53 Å². The van der Waals surface area contributed by atoms with Crippen LogP contribution in [0, 0.1) is 45.3 Å². The molecule has 0 aromatic carbocycles. The molecule has 1 saturated heterocycles. The summed E-state index contributed by atoms with van der Waals surface area (Å²) in [7, 11) is 0. The first-order valence-corrected chi connectivity index (χ1v) is 14.6. The van der Waals surface area contributed by atoms with E-state index in [1.165, 1.54) is 51.4 Å². The highest BCUT2D eigenvalue weighted by Gasteiger charge is 2.80. The highest BCUT2D eigenvalue weighted by atomic mass is 16.5. The van der Waals surface area contributed by atoms with Crippen LogP contribution in [0.4, 0.5) is 0 Å². The van der Waals surface area contributed by atoms with Gasteiger partial charge in [-0.15, -0.1) is 0 Å². The van der Waals surface area contributed by atoms with Gasteiger partial charge < -0.3 is 14.7 Å². The van der Waals surface area contributed by atoms with Crippen LogP contribution in [0.5, 0.6) is 0 Å². The van der Waals surface area contributed by atoms with E-state index >= 15 is 0 Å². The van der Waals surface area contributed by atoms with Crippen LogP contribution in [0.15, 0.2) is 0 Å². The summed E-state index contributed by atoms with van der Waals surface area (Å²) in [6, 6.07) is 0.238. The van der Waals surface area contributed by atoms with Crippen molar-refractivity contribution in [1.29, 1.82) is 0 Å². The van der Waals surface area contributed by atoms with Gasteiger partial charge in [0.25, 0.3) is 0 Å².